The first-order valence-electron chi connectivity index (χ1n) is 7.44. The van der Waals surface area contributed by atoms with Crippen molar-refractivity contribution in [3.63, 3.8) is 0 Å². The standard InChI is InChI=1S/C18H16FNO3S/c1-11-2-4-13(5-3-11)17-20(15(10-24-17)18(22)23)16(21)12-6-8-14(19)9-7-12/h2-9,15,17H,10H2,1H3,(H,22,23)/p-1/t15-,17-/m0/s1. The van der Waals surface area contributed by atoms with Crippen LogP contribution < -0.4 is 5.11 Å². The zero-order chi connectivity index (χ0) is 17.3. The third kappa shape index (κ3) is 3.14. The highest BCUT2D eigenvalue weighted by atomic mass is 32.2. The number of amides is 1. The molecule has 0 spiro atoms. The Bertz CT molecular complexity index is 761. The Morgan fingerprint density at radius 3 is 2.33 bits per heavy atom. The molecule has 0 unspecified atom stereocenters. The summed E-state index contributed by atoms with van der Waals surface area (Å²) in [5, 5.41) is 11.0. The Kier molecular flexibility index (Phi) is 4.57. The molecular weight excluding hydrogens is 329 g/mol. The van der Waals surface area contributed by atoms with Crippen molar-refractivity contribution in [1.29, 1.82) is 0 Å². The summed E-state index contributed by atoms with van der Waals surface area (Å²) in [5.74, 6) is -1.92. The number of aliphatic carboxylic acids is 1. The Morgan fingerprint density at radius 2 is 1.75 bits per heavy atom. The number of thioether (sulfide) groups is 1. The van der Waals surface area contributed by atoms with Gasteiger partial charge >= 0.3 is 0 Å². The van der Waals surface area contributed by atoms with Crippen molar-refractivity contribution < 1.29 is 19.1 Å². The van der Waals surface area contributed by atoms with Crippen LogP contribution in [-0.2, 0) is 4.79 Å². The van der Waals surface area contributed by atoms with Crippen LogP contribution in [0.25, 0.3) is 0 Å². The van der Waals surface area contributed by atoms with Crippen molar-refractivity contribution in [2.75, 3.05) is 5.75 Å². The Morgan fingerprint density at radius 1 is 1.12 bits per heavy atom. The highest BCUT2D eigenvalue weighted by molar-refractivity contribution is 7.99. The minimum absolute atomic E-state index is 0.252. The molecule has 0 N–H and O–H groups in total. The molecule has 1 amide bonds. The fourth-order valence-corrected chi connectivity index (χ4v) is 4.08. The van der Waals surface area contributed by atoms with Gasteiger partial charge in [0.1, 0.15) is 11.2 Å². The summed E-state index contributed by atoms with van der Waals surface area (Å²) in [6.45, 7) is 1.96. The summed E-state index contributed by atoms with van der Waals surface area (Å²) >= 11 is 1.38. The number of carbonyl (C=O) groups is 2. The number of benzene rings is 2. The number of aryl methyl sites for hydroxylation is 1. The number of carboxylic acid groups (broad SMARTS) is 1. The van der Waals surface area contributed by atoms with E-state index in [1.54, 1.807) is 0 Å². The second-order valence-corrected chi connectivity index (χ2v) is 6.76. The van der Waals surface area contributed by atoms with Crippen molar-refractivity contribution in [2.45, 2.75) is 18.3 Å². The second kappa shape index (κ2) is 6.65. The van der Waals surface area contributed by atoms with Crippen LogP contribution in [0.3, 0.4) is 0 Å². The molecule has 6 heteroatoms. The minimum Gasteiger partial charge on any atom is -0.548 e. The second-order valence-electron chi connectivity index (χ2n) is 5.65. The van der Waals surface area contributed by atoms with E-state index in [0.717, 1.165) is 11.1 Å². The summed E-state index contributed by atoms with van der Waals surface area (Å²) in [6.07, 6.45) is 0. The SMILES string of the molecule is Cc1ccc([C@@H]2SC[C@@H](C(=O)[O-])N2C(=O)c2ccc(F)cc2)cc1. The van der Waals surface area contributed by atoms with E-state index in [-0.39, 0.29) is 11.3 Å². The van der Waals surface area contributed by atoms with Crippen LogP contribution in [0.2, 0.25) is 0 Å². The number of halogens is 1. The van der Waals surface area contributed by atoms with E-state index in [1.165, 1.54) is 40.9 Å². The van der Waals surface area contributed by atoms with Crippen LogP contribution in [0.15, 0.2) is 48.5 Å². The molecule has 4 nitrogen and oxygen atoms in total. The average molecular weight is 344 g/mol. The summed E-state index contributed by atoms with van der Waals surface area (Å²) in [6, 6.07) is 11.7. The fraction of sp³-hybridized carbons (Fsp3) is 0.222. The summed E-state index contributed by atoms with van der Waals surface area (Å²) in [4.78, 5) is 25.6. The molecule has 0 radical (unpaired) electrons. The third-order valence-electron chi connectivity index (χ3n) is 3.96. The van der Waals surface area contributed by atoms with Crippen molar-refractivity contribution in [3.05, 3.63) is 71.0 Å². The lowest BCUT2D eigenvalue weighted by Crippen LogP contribution is -2.49. The van der Waals surface area contributed by atoms with Gasteiger partial charge in [0.2, 0.25) is 0 Å². The molecule has 1 aliphatic heterocycles. The first-order chi connectivity index (χ1) is 11.5. The monoisotopic (exact) mass is 344 g/mol. The van der Waals surface area contributed by atoms with E-state index < -0.39 is 29.1 Å². The lowest BCUT2D eigenvalue weighted by Gasteiger charge is -2.30. The normalized spacial score (nSPS) is 20.2. The van der Waals surface area contributed by atoms with Crippen molar-refractivity contribution in [3.8, 4) is 0 Å². The number of nitrogens with zero attached hydrogens (tertiary/aromatic N) is 1. The molecule has 0 aromatic heterocycles. The smallest absolute Gasteiger partial charge is 0.255 e. The van der Waals surface area contributed by atoms with E-state index in [2.05, 4.69) is 0 Å². The van der Waals surface area contributed by atoms with Gasteiger partial charge in [-0.15, -0.1) is 11.8 Å². The van der Waals surface area contributed by atoms with Gasteiger partial charge in [0.15, 0.2) is 0 Å². The molecule has 1 heterocycles. The number of hydrogen-bond donors (Lipinski definition) is 0. The van der Waals surface area contributed by atoms with E-state index >= 15 is 0 Å². The van der Waals surface area contributed by atoms with Crippen LogP contribution >= 0.6 is 11.8 Å². The molecule has 24 heavy (non-hydrogen) atoms. The van der Waals surface area contributed by atoms with Crippen molar-refractivity contribution in [2.24, 2.45) is 0 Å². The predicted molar refractivity (Wildman–Crippen MR) is 87.7 cm³/mol. The minimum atomic E-state index is -1.28. The van der Waals surface area contributed by atoms with Gasteiger partial charge < -0.3 is 14.8 Å². The van der Waals surface area contributed by atoms with Crippen LogP contribution in [-0.4, -0.2) is 28.6 Å². The van der Waals surface area contributed by atoms with Crippen LogP contribution in [0.5, 0.6) is 0 Å². The predicted octanol–water partition coefficient (Wildman–Crippen LogP) is 2.14. The highest BCUT2D eigenvalue weighted by Crippen LogP contribution is 2.42. The van der Waals surface area contributed by atoms with Gasteiger partial charge in [-0.2, -0.15) is 0 Å². The highest BCUT2D eigenvalue weighted by Gasteiger charge is 2.39. The lowest BCUT2D eigenvalue weighted by molar-refractivity contribution is -0.310. The zero-order valence-electron chi connectivity index (χ0n) is 12.9. The van der Waals surface area contributed by atoms with Gasteiger partial charge in [-0.25, -0.2) is 4.39 Å². The molecule has 1 fully saturated rings. The van der Waals surface area contributed by atoms with E-state index in [4.69, 9.17) is 0 Å². The molecule has 0 saturated carbocycles. The number of hydrogen-bond acceptors (Lipinski definition) is 4. The van der Waals surface area contributed by atoms with Gasteiger partial charge in [-0.05, 0) is 36.8 Å². The largest absolute Gasteiger partial charge is 0.548 e. The Hall–Kier alpha value is -2.34. The average Bonchev–Trinajstić information content (AvgIpc) is 3.01. The maximum Gasteiger partial charge on any atom is 0.255 e. The zero-order valence-corrected chi connectivity index (χ0v) is 13.8. The van der Waals surface area contributed by atoms with E-state index in [1.807, 2.05) is 31.2 Å². The molecule has 0 aliphatic carbocycles. The fourth-order valence-electron chi connectivity index (χ4n) is 2.67. The van der Waals surface area contributed by atoms with Gasteiger partial charge in [-0.1, -0.05) is 29.8 Å². The first kappa shape index (κ1) is 16.5. The lowest BCUT2D eigenvalue weighted by atomic mass is 10.1. The number of rotatable bonds is 3. The molecule has 2 atom stereocenters. The number of carboxylic acids is 1. The Balaban J connectivity index is 1.97. The molecule has 124 valence electrons. The van der Waals surface area contributed by atoms with Crippen LogP contribution in [0, 0.1) is 12.7 Å². The number of carbonyl (C=O) groups excluding carboxylic acids is 2. The maximum atomic E-state index is 13.1. The van der Waals surface area contributed by atoms with Gasteiger partial charge in [0.25, 0.3) is 5.91 Å². The van der Waals surface area contributed by atoms with Crippen molar-refractivity contribution in [1.82, 2.24) is 4.90 Å². The Labute approximate surface area is 143 Å². The van der Waals surface area contributed by atoms with Crippen LogP contribution in [0.1, 0.15) is 26.9 Å². The molecule has 1 aliphatic rings. The molecule has 2 aromatic carbocycles. The maximum absolute atomic E-state index is 13.1. The van der Waals surface area contributed by atoms with Gasteiger partial charge in [0, 0.05) is 11.3 Å². The van der Waals surface area contributed by atoms with Gasteiger partial charge in [-0.3, -0.25) is 4.79 Å². The molecule has 2 aromatic rings. The molecule has 0 bridgehead atoms. The molecule has 3 rings (SSSR count). The van der Waals surface area contributed by atoms with Crippen LogP contribution in [0.4, 0.5) is 4.39 Å². The van der Waals surface area contributed by atoms with Crippen molar-refractivity contribution >= 4 is 23.6 Å². The van der Waals surface area contributed by atoms with Gasteiger partial charge in [0.05, 0.1) is 12.0 Å². The quantitative estimate of drug-likeness (QED) is 0.856. The molecular formula is C18H15FNO3S-. The topological polar surface area (TPSA) is 60.4 Å². The third-order valence-corrected chi connectivity index (χ3v) is 5.28. The summed E-state index contributed by atoms with van der Waals surface area (Å²) in [5.41, 5.74) is 2.18. The first-order valence-corrected chi connectivity index (χ1v) is 8.49. The molecule has 1 saturated heterocycles. The summed E-state index contributed by atoms with van der Waals surface area (Å²) < 4.78 is 13.1. The van der Waals surface area contributed by atoms with E-state index in [0.29, 0.717) is 0 Å². The van der Waals surface area contributed by atoms with E-state index in [9.17, 15) is 19.1 Å². The summed E-state index contributed by atoms with van der Waals surface area (Å²) in [7, 11) is 0.